The van der Waals surface area contributed by atoms with Crippen LogP contribution >= 0.6 is 0 Å². The van der Waals surface area contributed by atoms with E-state index in [4.69, 9.17) is 9.26 Å². The molecular formula is C25H24N10O4. The number of tetrazole rings is 1. The predicted molar refractivity (Wildman–Crippen MR) is 138 cm³/mol. The first kappa shape index (κ1) is 24.2. The van der Waals surface area contributed by atoms with Gasteiger partial charge in [-0.2, -0.15) is 4.68 Å². The number of pyridine rings is 2. The predicted octanol–water partition coefficient (Wildman–Crippen LogP) is 1.75. The number of carbonyl (C=O) groups excluding carboxylic acids is 2. The Kier molecular flexibility index (Phi) is 5.98. The van der Waals surface area contributed by atoms with Crippen LogP contribution in [0.2, 0.25) is 0 Å². The van der Waals surface area contributed by atoms with Gasteiger partial charge < -0.3 is 24.0 Å². The number of carbonyl (C=O) groups is 2. The van der Waals surface area contributed by atoms with E-state index in [1.165, 1.54) is 24.4 Å². The van der Waals surface area contributed by atoms with Crippen molar-refractivity contribution in [3.63, 3.8) is 0 Å². The molecule has 5 aromatic heterocycles. The topological polar surface area (TPSA) is 161 Å². The molecule has 1 fully saturated rings. The Morgan fingerprint density at radius 3 is 2.62 bits per heavy atom. The zero-order valence-corrected chi connectivity index (χ0v) is 21.5. The number of ketones is 1. The minimum atomic E-state index is -0.637. The molecule has 5 aromatic rings. The molecule has 1 aliphatic heterocycles. The number of rotatable bonds is 6. The molecule has 39 heavy (non-hydrogen) atoms. The van der Waals surface area contributed by atoms with Crippen molar-refractivity contribution in [2.75, 3.05) is 38.2 Å². The number of anilines is 1. The zero-order valence-electron chi connectivity index (χ0n) is 21.5. The summed E-state index contributed by atoms with van der Waals surface area (Å²) in [6.07, 6.45) is 4.72. The second-order valence-corrected chi connectivity index (χ2v) is 9.01. The van der Waals surface area contributed by atoms with E-state index in [1.54, 1.807) is 23.9 Å². The number of hydrogen-bond donors (Lipinski definition) is 1. The van der Waals surface area contributed by atoms with E-state index in [2.05, 4.69) is 35.6 Å². The lowest BCUT2D eigenvalue weighted by Crippen LogP contribution is -2.51. The first-order chi connectivity index (χ1) is 19.0. The van der Waals surface area contributed by atoms with E-state index in [-0.39, 0.29) is 5.56 Å². The first-order valence-corrected chi connectivity index (χ1v) is 12.2. The average molecular weight is 529 g/mol. The van der Waals surface area contributed by atoms with E-state index < -0.39 is 11.7 Å². The maximum absolute atomic E-state index is 13.5. The second kappa shape index (κ2) is 9.63. The van der Waals surface area contributed by atoms with Crippen LogP contribution in [0, 0.1) is 13.8 Å². The van der Waals surface area contributed by atoms with Crippen LogP contribution in [0.3, 0.4) is 0 Å². The Hall–Kier alpha value is -5.14. The van der Waals surface area contributed by atoms with Crippen LogP contribution in [0.5, 0.6) is 5.75 Å². The Balaban J connectivity index is 1.24. The summed E-state index contributed by atoms with van der Waals surface area (Å²) >= 11 is 0. The van der Waals surface area contributed by atoms with E-state index in [0.717, 1.165) is 5.56 Å². The summed E-state index contributed by atoms with van der Waals surface area (Å²) in [7, 11) is 1.49. The number of piperazine rings is 1. The van der Waals surface area contributed by atoms with Crippen molar-refractivity contribution < 1.29 is 18.8 Å². The van der Waals surface area contributed by atoms with Gasteiger partial charge in [0.15, 0.2) is 5.82 Å². The van der Waals surface area contributed by atoms with E-state index in [0.29, 0.717) is 71.7 Å². The maximum Gasteiger partial charge on any atom is 0.295 e. The van der Waals surface area contributed by atoms with Crippen molar-refractivity contribution in [1.29, 1.82) is 0 Å². The number of fused-ring (bicyclic) bond motifs is 1. The number of H-pyrrole nitrogens is 1. The Morgan fingerprint density at radius 1 is 1.10 bits per heavy atom. The molecular weight excluding hydrogens is 504 g/mol. The van der Waals surface area contributed by atoms with Gasteiger partial charge in [-0.05, 0) is 36.4 Å². The molecule has 1 saturated heterocycles. The van der Waals surface area contributed by atoms with Crippen LogP contribution in [-0.2, 0) is 4.79 Å². The van der Waals surface area contributed by atoms with Crippen LogP contribution in [0.4, 0.5) is 5.95 Å². The molecule has 0 saturated carbocycles. The molecule has 6 heterocycles. The fourth-order valence-electron chi connectivity index (χ4n) is 4.84. The van der Waals surface area contributed by atoms with Crippen LogP contribution in [0.15, 0.2) is 41.3 Å². The van der Waals surface area contributed by atoms with Crippen LogP contribution in [0.1, 0.15) is 21.8 Å². The van der Waals surface area contributed by atoms with Gasteiger partial charge in [0.2, 0.25) is 0 Å². The number of nitrogens with one attached hydrogen (secondary N) is 1. The van der Waals surface area contributed by atoms with Crippen molar-refractivity contribution in [1.82, 2.24) is 45.2 Å². The van der Waals surface area contributed by atoms with Gasteiger partial charge in [-0.15, -0.1) is 0 Å². The number of hydrogen-bond acceptors (Lipinski definition) is 11. The fraction of sp³-hybridized carbons (Fsp3) is 0.280. The zero-order chi connectivity index (χ0) is 27.1. The summed E-state index contributed by atoms with van der Waals surface area (Å²) < 4.78 is 12.4. The van der Waals surface area contributed by atoms with Crippen molar-refractivity contribution >= 4 is 28.5 Å². The monoisotopic (exact) mass is 528 g/mol. The first-order valence-electron chi connectivity index (χ1n) is 12.2. The summed E-state index contributed by atoms with van der Waals surface area (Å²) in [4.78, 5) is 42.3. The number of amides is 1. The smallest absolute Gasteiger partial charge is 0.295 e. The summed E-state index contributed by atoms with van der Waals surface area (Å²) in [6.45, 7) is 5.15. The lowest BCUT2D eigenvalue weighted by atomic mass is 10.0. The largest absolute Gasteiger partial charge is 0.494 e. The standard InChI is InChI=1S/C25H24N10O4/c1-14-19(15(2)39-30-14)21-22-20(17(38-3)13-28-21)16(12-27-22)23(36)24(37)33-8-10-34(11-9-33)25-29-31-32-35(25)18-6-4-5-7-26-18/h4-7,12-13,27H,8-11H2,1-3H3. The van der Waals surface area contributed by atoms with Crippen LogP contribution < -0.4 is 9.64 Å². The summed E-state index contributed by atoms with van der Waals surface area (Å²) in [6, 6.07) is 5.47. The van der Waals surface area contributed by atoms with Gasteiger partial charge >= 0.3 is 0 Å². The Morgan fingerprint density at radius 2 is 1.92 bits per heavy atom. The minimum absolute atomic E-state index is 0.212. The van der Waals surface area contributed by atoms with Crippen molar-refractivity contribution in [3.8, 4) is 22.8 Å². The molecule has 0 aromatic carbocycles. The highest BCUT2D eigenvalue weighted by atomic mass is 16.5. The molecule has 14 heteroatoms. The number of Topliss-reactive ketones (excluding diaryl/α,β-unsaturated/α-hetero) is 1. The molecule has 1 amide bonds. The molecule has 0 bridgehead atoms. The second-order valence-electron chi connectivity index (χ2n) is 9.01. The van der Waals surface area contributed by atoms with Crippen LogP contribution in [0.25, 0.3) is 28.0 Å². The van der Waals surface area contributed by atoms with Gasteiger partial charge in [0, 0.05) is 38.6 Å². The maximum atomic E-state index is 13.5. The molecule has 0 radical (unpaired) electrons. The fourth-order valence-corrected chi connectivity index (χ4v) is 4.84. The third-order valence-corrected chi connectivity index (χ3v) is 6.77. The molecule has 14 nitrogen and oxygen atoms in total. The third-order valence-electron chi connectivity index (χ3n) is 6.77. The van der Waals surface area contributed by atoms with Gasteiger partial charge in [0.25, 0.3) is 17.6 Å². The number of aromatic amines is 1. The third kappa shape index (κ3) is 4.05. The number of aryl methyl sites for hydroxylation is 2. The molecule has 198 valence electrons. The summed E-state index contributed by atoms with van der Waals surface area (Å²) in [5, 5.41) is 16.5. The lowest BCUT2D eigenvalue weighted by Gasteiger charge is -2.34. The molecule has 0 spiro atoms. The van der Waals surface area contributed by atoms with Gasteiger partial charge in [0.05, 0.1) is 41.0 Å². The molecule has 0 aliphatic carbocycles. The van der Waals surface area contributed by atoms with Gasteiger partial charge in [0.1, 0.15) is 17.2 Å². The van der Waals surface area contributed by atoms with E-state index >= 15 is 0 Å². The Bertz CT molecular complexity index is 1660. The molecule has 6 rings (SSSR count). The quantitative estimate of drug-likeness (QED) is 0.252. The van der Waals surface area contributed by atoms with Crippen molar-refractivity contribution in [3.05, 3.63) is 53.8 Å². The molecule has 0 atom stereocenters. The minimum Gasteiger partial charge on any atom is -0.494 e. The highest BCUT2D eigenvalue weighted by Crippen LogP contribution is 2.37. The number of aromatic nitrogens is 8. The SMILES string of the molecule is COc1cnc(-c2c(C)noc2C)c2[nH]cc(C(=O)C(=O)N3CCN(c4nnnn4-c4ccccn4)CC3)c12. The van der Waals surface area contributed by atoms with Crippen molar-refractivity contribution in [2.24, 2.45) is 0 Å². The normalized spacial score (nSPS) is 13.7. The number of methoxy groups -OCH3 is 1. The van der Waals surface area contributed by atoms with Crippen molar-refractivity contribution in [2.45, 2.75) is 13.8 Å². The van der Waals surface area contributed by atoms with E-state index in [9.17, 15) is 9.59 Å². The molecule has 1 aliphatic rings. The number of nitrogens with zero attached hydrogens (tertiary/aromatic N) is 9. The van der Waals surface area contributed by atoms with Crippen LogP contribution in [-0.4, -0.2) is 90.2 Å². The lowest BCUT2D eigenvalue weighted by molar-refractivity contribution is -0.126. The van der Waals surface area contributed by atoms with Gasteiger partial charge in [-0.25, -0.2) is 9.97 Å². The average Bonchev–Trinajstić information content (AvgIpc) is 3.71. The summed E-state index contributed by atoms with van der Waals surface area (Å²) in [5.74, 6) is 0.846. The molecule has 1 N–H and O–H groups in total. The highest BCUT2D eigenvalue weighted by molar-refractivity contribution is 6.45. The Labute approximate surface area is 221 Å². The van der Waals surface area contributed by atoms with Gasteiger partial charge in [-0.1, -0.05) is 16.3 Å². The van der Waals surface area contributed by atoms with Gasteiger partial charge in [-0.3, -0.25) is 9.59 Å². The molecule has 0 unspecified atom stereocenters. The highest BCUT2D eigenvalue weighted by Gasteiger charge is 2.32. The summed E-state index contributed by atoms with van der Waals surface area (Å²) in [5.41, 5.74) is 2.72. The van der Waals surface area contributed by atoms with E-state index in [1.807, 2.05) is 24.0 Å². The number of ether oxygens (including phenoxy) is 1.